The number of nitrogens with zero attached hydrogens (tertiary/aromatic N) is 2. The summed E-state index contributed by atoms with van der Waals surface area (Å²) in [4.78, 5) is 19.2. The van der Waals surface area contributed by atoms with Gasteiger partial charge in [0.05, 0.1) is 23.1 Å². The van der Waals surface area contributed by atoms with Crippen LogP contribution in [-0.4, -0.2) is 33.6 Å². The second-order valence-electron chi connectivity index (χ2n) is 7.55. The fourth-order valence-electron chi connectivity index (χ4n) is 3.33. The summed E-state index contributed by atoms with van der Waals surface area (Å²) in [6.45, 7) is 5.19. The summed E-state index contributed by atoms with van der Waals surface area (Å²) in [6, 6.07) is 13.0. The molecule has 2 aromatic heterocycles. The normalized spacial score (nSPS) is 16.3. The highest BCUT2D eigenvalue weighted by Crippen LogP contribution is 2.42. The fraction of sp³-hybridized carbons (Fsp3) is 0.250. The molecular weight excluding hydrogens is 396 g/mol. The molecule has 2 aliphatic rings. The Morgan fingerprint density at radius 2 is 2.03 bits per heavy atom. The monoisotopic (exact) mass is 420 g/mol. The van der Waals surface area contributed by atoms with E-state index in [1.54, 1.807) is 50.6 Å². The van der Waals surface area contributed by atoms with Crippen molar-refractivity contribution >= 4 is 11.9 Å². The van der Waals surface area contributed by atoms with E-state index >= 15 is 0 Å². The third-order valence-corrected chi connectivity index (χ3v) is 4.61. The van der Waals surface area contributed by atoms with E-state index in [9.17, 15) is 4.79 Å². The minimum atomic E-state index is -0.167. The molecule has 0 amide bonds. The Bertz CT molecular complexity index is 1070. The SMILES string of the molecule is CC(C)O.O=C1/C(=C/c2ccco2)Oc2c1ccc1c2CN(Cc2ccccn2)CO1. The first-order valence-electron chi connectivity index (χ1n) is 10.1. The number of ketones is 1. The van der Waals surface area contributed by atoms with Crippen molar-refractivity contribution in [2.24, 2.45) is 0 Å². The Balaban J connectivity index is 0.000000535. The van der Waals surface area contributed by atoms with E-state index in [1.165, 1.54) is 0 Å². The Morgan fingerprint density at radius 1 is 1.19 bits per heavy atom. The van der Waals surface area contributed by atoms with Gasteiger partial charge in [-0.1, -0.05) is 6.07 Å². The van der Waals surface area contributed by atoms with E-state index in [-0.39, 0.29) is 17.6 Å². The van der Waals surface area contributed by atoms with Crippen LogP contribution >= 0.6 is 0 Å². The number of carbonyl (C=O) groups is 1. The molecule has 1 aromatic carbocycles. The molecule has 0 saturated heterocycles. The van der Waals surface area contributed by atoms with Crippen LogP contribution in [0.5, 0.6) is 11.5 Å². The maximum absolute atomic E-state index is 12.7. The second-order valence-corrected chi connectivity index (χ2v) is 7.55. The lowest BCUT2D eigenvalue weighted by molar-refractivity contribution is 0.0861. The molecule has 0 fully saturated rings. The largest absolute Gasteiger partial charge is 0.478 e. The van der Waals surface area contributed by atoms with Crippen LogP contribution in [0.4, 0.5) is 0 Å². The molecule has 0 aliphatic carbocycles. The zero-order chi connectivity index (χ0) is 21.8. The Hall–Kier alpha value is -3.42. The van der Waals surface area contributed by atoms with Crippen LogP contribution in [0.3, 0.4) is 0 Å². The van der Waals surface area contributed by atoms with Crippen molar-refractivity contribution in [3.63, 3.8) is 0 Å². The number of allylic oxidation sites excluding steroid dienone is 1. The Kier molecular flexibility index (Phi) is 6.16. The van der Waals surface area contributed by atoms with Crippen LogP contribution in [0, 0.1) is 0 Å². The number of aliphatic hydroxyl groups is 1. The average Bonchev–Trinajstić information content (AvgIpc) is 3.37. The van der Waals surface area contributed by atoms with Crippen LogP contribution in [0.2, 0.25) is 0 Å². The number of Topliss-reactive ketones (excluding diaryl/α,β-unsaturated/α-hetero) is 1. The highest BCUT2D eigenvalue weighted by molar-refractivity contribution is 6.14. The number of furan rings is 1. The second kappa shape index (κ2) is 9.16. The van der Waals surface area contributed by atoms with Gasteiger partial charge in [0.1, 0.15) is 24.0 Å². The molecule has 7 heteroatoms. The summed E-state index contributed by atoms with van der Waals surface area (Å²) in [7, 11) is 0. The van der Waals surface area contributed by atoms with Crippen molar-refractivity contribution in [2.45, 2.75) is 33.0 Å². The average molecular weight is 420 g/mol. The highest BCUT2D eigenvalue weighted by Gasteiger charge is 2.33. The van der Waals surface area contributed by atoms with Crippen LogP contribution in [0.15, 0.2) is 65.1 Å². The number of hydrogen-bond acceptors (Lipinski definition) is 7. The van der Waals surface area contributed by atoms with Gasteiger partial charge in [0.25, 0.3) is 0 Å². The van der Waals surface area contributed by atoms with Gasteiger partial charge in [-0.15, -0.1) is 0 Å². The van der Waals surface area contributed by atoms with E-state index in [1.807, 2.05) is 24.3 Å². The molecule has 0 spiro atoms. The molecule has 0 radical (unpaired) electrons. The third-order valence-electron chi connectivity index (χ3n) is 4.61. The highest BCUT2D eigenvalue weighted by atomic mass is 16.5. The van der Waals surface area contributed by atoms with Gasteiger partial charge in [0.2, 0.25) is 5.78 Å². The van der Waals surface area contributed by atoms with Gasteiger partial charge in [-0.25, -0.2) is 0 Å². The Morgan fingerprint density at radius 3 is 2.74 bits per heavy atom. The van der Waals surface area contributed by atoms with Gasteiger partial charge < -0.3 is 19.0 Å². The zero-order valence-corrected chi connectivity index (χ0v) is 17.4. The van der Waals surface area contributed by atoms with Crippen LogP contribution in [0.25, 0.3) is 6.08 Å². The van der Waals surface area contributed by atoms with Crippen molar-refractivity contribution in [3.05, 3.63) is 83.3 Å². The first-order chi connectivity index (χ1) is 15.0. The molecule has 160 valence electrons. The topological polar surface area (TPSA) is 85.0 Å². The molecule has 4 heterocycles. The van der Waals surface area contributed by atoms with Crippen molar-refractivity contribution < 1.29 is 23.8 Å². The smallest absolute Gasteiger partial charge is 0.232 e. The van der Waals surface area contributed by atoms with E-state index in [0.717, 1.165) is 17.0 Å². The van der Waals surface area contributed by atoms with Gasteiger partial charge in [-0.2, -0.15) is 0 Å². The summed E-state index contributed by atoms with van der Waals surface area (Å²) >= 11 is 0. The van der Waals surface area contributed by atoms with Crippen LogP contribution < -0.4 is 9.47 Å². The summed E-state index contributed by atoms with van der Waals surface area (Å²) in [5.74, 6) is 2.01. The van der Waals surface area contributed by atoms with Crippen LogP contribution in [-0.2, 0) is 13.1 Å². The zero-order valence-electron chi connectivity index (χ0n) is 17.4. The standard InChI is InChI=1S/C21H16N2O4.C3H8O/c24-20-16-6-7-18-17(21(16)27-19(20)10-15-5-3-9-25-15)12-23(13-26-18)11-14-4-1-2-8-22-14;1-3(2)4/h1-10H,11-13H2;3-4H,1-2H3/b19-10-;. The maximum atomic E-state index is 12.7. The number of hydrogen-bond donors (Lipinski definition) is 1. The first kappa shape index (κ1) is 20.8. The number of benzene rings is 1. The predicted octanol–water partition coefficient (Wildman–Crippen LogP) is 4.03. The minimum absolute atomic E-state index is 0.147. The Labute approximate surface area is 180 Å². The number of aromatic nitrogens is 1. The van der Waals surface area contributed by atoms with Gasteiger partial charge >= 0.3 is 0 Å². The van der Waals surface area contributed by atoms with Gasteiger partial charge in [-0.05, 0) is 50.2 Å². The number of pyridine rings is 1. The lowest BCUT2D eigenvalue weighted by Gasteiger charge is -2.29. The van der Waals surface area contributed by atoms with E-state index < -0.39 is 0 Å². The molecule has 0 bridgehead atoms. The van der Waals surface area contributed by atoms with Crippen molar-refractivity contribution in [1.29, 1.82) is 0 Å². The van der Waals surface area contributed by atoms with Crippen molar-refractivity contribution in [1.82, 2.24) is 9.88 Å². The molecule has 0 unspecified atom stereocenters. The summed E-state index contributed by atoms with van der Waals surface area (Å²) in [5.41, 5.74) is 2.40. The number of ether oxygens (including phenoxy) is 2. The number of carbonyl (C=O) groups excluding carboxylic acids is 1. The number of aliphatic hydroxyl groups excluding tert-OH is 1. The van der Waals surface area contributed by atoms with Crippen LogP contribution in [0.1, 0.15) is 41.2 Å². The molecule has 0 atom stereocenters. The van der Waals surface area contributed by atoms with E-state index in [2.05, 4.69) is 9.88 Å². The van der Waals surface area contributed by atoms with Gasteiger partial charge in [-0.3, -0.25) is 14.7 Å². The first-order valence-corrected chi connectivity index (χ1v) is 10.1. The predicted molar refractivity (Wildman–Crippen MR) is 114 cm³/mol. The van der Waals surface area contributed by atoms with E-state index in [0.29, 0.717) is 36.9 Å². The molecule has 1 N–H and O–H groups in total. The molecule has 31 heavy (non-hydrogen) atoms. The molecule has 5 rings (SSSR count). The third kappa shape index (κ3) is 4.84. The molecule has 0 saturated carbocycles. The quantitative estimate of drug-likeness (QED) is 0.640. The summed E-state index contributed by atoms with van der Waals surface area (Å²) in [5, 5.41) is 8.06. The number of rotatable bonds is 3. The lowest BCUT2D eigenvalue weighted by Crippen LogP contribution is -2.32. The molecule has 3 aromatic rings. The summed E-state index contributed by atoms with van der Waals surface area (Å²) < 4.78 is 17.1. The maximum Gasteiger partial charge on any atom is 0.232 e. The van der Waals surface area contributed by atoms with E-state index in [4.69, 9.17) is 19.0 Å². The number of fused-ring (bicyclic) bond motifs is 3. The summed E-state index contributed by atoms with van der Waals surface area (Å²) in [6.07, 6.45) is 4.79. The van der Waals surface area contributed by atoms with Crippen molar-refractivity contribution in [3.8, 4) is 11.5 Å². The fourth-order valence-corrected chi connectivity index (χ4v) is 3.33. The van der Waals surface area contributed by atoms with Gasteiger partial charge in [0, 0.05) is 31.5 Å². The molecular formula is C24H24N2O5. The van der Waals surface area contributed by atoms with Crippen molar-refractivity contribution in [2.75, 3.05) is 6.73 Å². The lowest BCUT2D eigenvalue weighted by atomic mass is 10.0. The van der Waals surface area contributed by atoms with Gasteiger partial charge in [0.15, 0.2) is 5.76 Å². The molecule has 2 aliphatic heterocycles. The molecule has 7 nitrogen and oxygen atoms in total. The minimum Gasteiger partial charge on any atom is -0.478 e.